The molecule has 0 spiro atoms. The molecule has 1 amide bonds. The van der Waals surface area contributed by atoms with Crippen LogP contribution in [0.3, 0.4) is 0 Å². The van der Waals surface area contributed by atoms with Crippen molar-refractivity contribution in [2.75, 3.05) is 13.3 Å². The van der Waals surface area contributed by atoms with Gasteiger partial charge in [-0.2, -0.15) is 0 Å². The van der Waals surface area contributed by atoms with Crippen LogP contribution >= 0.6 is 7.14 Å². The molecule has 0 aromatic heterocycles. The second-order valence-electron chi connectivity index (χ2n) is 3.95. The van der Waals surface area contributed by atoms with Gasteiger partial charge < -0.3 is 19.8 Å². The van der Waals surface area contributed by atoms with E-state index in [1.54, 1.807) is 0 Å². The first-order valence-electron chi connectivity index (χ1n) is 4.91. The number of alkyl halides is 3. The molecule has 1 aromatic rings. The molecule has 0 radical (unpaired) electrons. The minimum absolute atomic E-state index is 0.156. The minimum atomic E-state index is -4.97. The Morgan fingerprint density at radius 1 is 1.26 bits per heavy atom. The summed E-state index contributed by atoms with van der Waals surface area (Å²) in [6, 6.07) is 3.23. The van der Waals surface area contributed by atoms with E-state index in [1.807, 2.05) is 0 Å². The van der Waals surface area contributed by atoms with Gasteiger partial charge >= 0.3 is 12.5 Å². The summed E-state index contributed by atoms with van der Waals surface area (Å²) in [7, 11) is -2.78. The quantitative estimate of drug-likeness (QED) is 0.868. The van der Waals surface area contributed by atoms with Gasteiger partial charge in [0.1, 0.15) is 7.14 Å². The van der Waals surface area contributed by atoms with Gasteiger partial charge in [0, 0.05) is 5.30 Å². The van der Waals surface area contributed by atoms with E-state index in [9.17, 15) is 22.5 Å². The average Bonchev–Trinajstić information content (AvgIpc) is 2.15. The lowest BCUT2D eigenvalue weighted by atomic mass is 10.3. The summed E-state index contributed by atoms with van der Waals surface area (Å²) in [6.45, 7) is 2.77. The number of rotatable bonds is 3. The summed E-state index contributed by atoms with van der Waals surface area (Å²) in [5.41, 5.74) is 4.73. The van der Waals surface area contributed by atoms with Crippen molar-refractivity contribution in [2.24, 2.45) is 5.73 Å². The molecule has 0 atom stereocenters. The zero-order chi connectivity index (χ0) is 14.8. The van der Waals surface area contributed by atoms with Gasteiger partial charge in [-0.25, -0.2) is 4.79 Å². The minimum Gasteiger partial charge on any atom is -0.407 e. The zero-order valence-electron chi connectivity index (χ0n) is 10.0. The molecule has 0 bridgehead atoms. The third-order valence-corrected chi connectivity index (χ3v) is 3.51. The van der Waals surface area contributed by atoms with Gasteiger partial charge in [-0.1, -0.05) is 0 Å². The Bertz CT molecular complexity index is 538. The van der Waals surface area contributed by atoms with Crippen molar-refractivity contribution in [1.82, 2.24) is 0 Å². The van der Waals surface area contributed by atoms with Crippen LogP contribution < -0.4 is 20.5 Å². The Morgan fingerprint density at radius 2 is 1.84 bits per heavy atom. The number of halogens is 3. The molecule has 9 heteroatoms. The highest BCUT2D eigenvalue weighted by Gasteiger charge is 2.33. The largest absolute Gasteiger partial charge is 0.573 e. The highest BCUT2D eigenvalue weighted by Crippen LogP contribution is 2.39. The summed E-state index contributed by atoms with van der Waals surface area (Å²) < 4.78 is 56.6. The van der Waals surface area contributed by atoms with Crippen molar-refractivity contribution in [3.8, 4) is 11.5 Å². The molecule has 106 valence electrons. The van der Waals surface area contributed by atoms with Crippen LogP contribution in [0.5, 0.6) is 11.5 Å². The molecule has 2 N–H and O–H groups in total. The molecule has 0 unspecified atom stereocenters. The van der Waals surface area contributed by atoms with Crippen LogP contribution in [0, 0.1) is 0 Å². The first kappa shape index (κ1) is 15.4. The number of primary amides is 1. The van der Waals surface area contributed by atoms with Crippen LogP contribution in [0.2, 0.25) is 0 Å². The Hall–Kier alpha value is -1.69. The number of hydrogen-bond donors (Lipinski definition) is 1. The van der Waals surface area contributed by atoms with Crippen molar-refractivity contribution in [3.63, 3.8) is 0 Å². The van der Waals surface area contributed by atoms with Gasteiger partial charge in [0.05, 0.1) is 0 Å². The van der Waals surface area contributed by atoms with E-state index in [0.717, 1.165) is 12.1 Å². The second-order valence-corrected chi connectivity index (χ2v) is 7.17. The maximum atomic E-state index is 12.2. The molecule has 19 heavy (non-hydrogen) atoms. The Kier molecular flexibility index (Phi) is 4.15. The second kappa shape index (κ2) is 5.13. The van der Waals surface area contributed by atoms with Crippen LogP contribution in [-0.2, 0) is 4.57 Å². The molecule has 0 saturated carbocycles. The first-order valence-corrected chi connectivity index (χ1v) is 7.52. The smallest absolute Gasteiger partial charge is 0.407 e. The number of carbonyl (C=O) groups excluding carboxylic acids is 1. The number of benzene rings is 1. The van der Waals surface area contributed by atoms with E-state index in [0.29, 0.717) is 0 Å². The fourth-order valence-electron chi connectivity index (χ4n) is 1.23. The molecule has 0 aliphatic rings. The number of nitrogens with two attached hydrogens (primary N) is 1. The van der Waals surface area contributed by atoms with E-state index in [1.165, 1.54) is 19.4 Å². The number of carbonyl (C=O) groups is 1. The van der Waals surface area contributed by atoms with Crippen LogP contribution in [0.15, 0.2) is 18.2 Å². The van der Waals surface area contributed by atoms with E-state index < -0.39 is 31.1 Å². The van der Waals surface area contributed by atoms with E-state index >= 15 is 0 Å². The monoisotopic (exact) mass is 297 g/mol. The molecule has 1 rings (SSSR count). The Labute approximate surface area is 106 Å². The topological polar surface area (TPSA) is 78.6 Å². The van der Waals surface area contributed by atoms with Crippen molar-refractivity contribution in [2.45, 2.75) is 6.36 Å². The van der Waals surface area contributed by atoms with Crippen molar-refractivity contribution < 1.29 is 32.0 Å². The molecule has 0 fully saturated rings. The molecule has 1 aromatic carbocycles. The van der Waals surface area contributed by atoms with Gasteiger partial charge in [0.25, 0.3) is 0 Å². The Morgan fingerprint density at radius 3 is 2.26 bits per heavy atom. The summed E-state index contributed by atoms with van der Waals surface area (Å²) in [6.07, 6.45) is -6.25. The number of ether oxygens (including phenoxy) is 2. The fourth-order valence-corrected chi connectivity index (χ4v) is 2.09. The highest BCUT2D eigenvalue weighted by molar-refractivity contribution is 7.70. The normalized spacial score (nSPS) is 12.1. The van der Waals surface area contributed by atoms with Gasteiger partial charge in [0.2, 0.25) is 0 Å². The Balaban J connectivity index is 3.26. The van der Waals surface area contributed by atoms with E-state index in [4.69, 9.17) is 5.73 Å². The van der Waals surface area contributed by atoms with Gasteiger partial charge in [-0.05, 0) is 31.5 Å². The predicted octanol–water partition coefficient (Wildman–Crippen LogP) is 2.29. The SMILES string of the molecule is CP(C)(=O)c1ccc(OC(N)=O)c(OC(F)(F)F)c1. The predicted molar refractivity (Wildman–Crippen MR) is 62.4 cm³/mol. The summed E-state index contributed by atoms with van der Waals surface area (Å²) >= 11 is 0. The summed E-state index contributed by atoms with van der Waals surface area (Å²) in [4.78, 5) is 10.6. The van der Waals surface area contributed by atoms with Crippen LogP contribution in [0.25, 0.3) is 0 Å². The van der Waals surface area contributed by atoms with Crippen molar-refractivity contribution in [3.05, 3.63) is 18.2 Å². The molecular weight excluding hydrogens is 286 g/mol. The number of amides is 1. The summed E-state index contributed by atoms with van der Waals surface area (Å²) in [5.74, 6) is -1.27. The first-order chi connectivity index (χ1) is 8.49. The zero-order valence-corrected chi connectivity index (χ0v) is 10.9. The van der Waals surface area contributed by atoms with Crippen LogP contribution in [0.1, 0.15) is 0 Å². The average molecular weight is 297 g/mol. The molecular formula is C10H11F3NO4P. The van der Waals surface area contributed by atoms with E-state index in [-0.39, 0.29) is 5.30 Å². The standard InChI is InChI=1S/C10H11F3NO4P/c1-19(2,16)6-3-4-7(17-9(14)15)8(5-6)18-10(11,12)13/h3-5H,1-2H3,(H2,14,15). The molecule has 0 aliphatic carbocycles. The van der Waals surface area contributed by atoms with Crippen molar-refractivity contribution in [1.29, 1.82) is 0 Å². The van der Waals surface area contributed by atoms with Crippen LogP contribution in [0.4, 0.5) is 18.0 Å². The lowest BCUT2D eigenvalue weighted by molar-refractivity contribution is -0.275. The molecule has 0 saturated heterocycles. The third-order valence-electron chi connectivity index (χ3n) is 1.99. The third kappa shape index (κ3) is 4.82. The fraction of sp³-hybridized carbons (Fsp3) is 0.300. The number of hydrogen-bond acceptors (Lipinski definition) is 4. The highest BCUT2D eigenvalue weighted by atomic mass is 31.2. The van der Waals surface area contributed by atoms with E-state index in [2.05, 4.69) is 9.47 Å². The molecule has 0 heterocycles. The van der Waals surface area contributed by atoms with Gasteiger partial charge in [0.15, 0.2) is 11.5 Å². The maximum Gasteiger partial charge on any atom is 0.573 e. The van der Waals surface area contributed by atoms with Gasteiger partial charge in [-0.15, -0.1) is 13.2 Å². The van der Waals surface area contributed by atoms with Gasteiger partial charge in [-0.3, -0.25) is 0 Å². The van der Waals surface area contributed by atoms with Crippen LogP contribution in [-0.4, -0.2) is 25.8 Å². The van der Waals surface area contributed by atoms with Crippen molar-refractivity contribution >= 4 is 18.5 Å². The summed E-state index contributed by atoms with van der Waals surface area (Å²) in [5, 5.41) is 0.156. The molecule has 5 nitrogen and oxygen atoms in total. The lowest BCUT2D eigenvalue weighted by Gasteiger charge is -2.15. The molecule has 0 aliphatic heterocycles. The maximum absolute atomic E-state index is 12.2. The lowest BCUT2D eigenvalue weighted by Crippen LogP contribution is -2.21.